The molecule has 2 aliphatic rings. The Balaban J connectivity index is 2.35. The van der Waals surface area contributed by atoms with Gasteiger partial charge in [-0.15, -0.1) is 0 Å². The second-order valence-corrected chi connectivity index (χ2v) is 5.04. The van der Waals surface area contributed by atoms with Crippen molar-refractivity contribution in [1.82, 2.24) is 9.80 Å². The average molecular weight is 301 g/mol. The highest BCUT2D eigenvalue weighted by atomic mass is 35.5. The summed E-state index contributed by atoms with van der Waals surface area (Å²) in [5, 5.41) is 26.8. The third-order valence-corrected chi connectivity index (χ3v) is 3.69. The zero-order valence-corrected chi connectivity index (χ0v) is 12.1. The SMILES string of the molecule is N#CC(C#N)=CN=C(Cl)C(C#N)=C(N1CCC1)N1CCC1. The summed E-state index contributed by atoms with van der Waals surface area (Å²) in [7, 11) is 0. The van der Waals surface area contributed by atoms with Crippen molar-refractivity contribution >= 4 is 16.8 Å². The van der Waals surface area contributed by atoms with Gasteiger partial charge in [-0.25, -0.2) is 4.99 Å². The first kappa shape index (κ1) is 14.9. The smallest absolute Gasteiger partial charge is 0.150 e. The number of aliphatic imine (C=N–C) groups is 1. The summed E-state index contributed by atoms with van der Waals surface area (Å²) in [6.07, 6.45) is 3.28. The third-order valence-electron chi connectivity index (χ3n) is 3.40. The van der Waals surface area contributed by atoms with Crippen LogP contribution in [0.3, 0.4) is 0 Å². The van der Waals surface area contributed by atoms with E-state index < -0.39 is 0 Å². The Morgan fingerprint density at radius 1 is 0.952 bits per heavy atom. The minimum Gasteiger partial charge on any atom is -0.357 e. The van der Waals surface area contributed by atoms with Gasteiger partial charge in [-0.2, -0.15) is 15.8 Å². The zero-order chi connectivity index (χ0) is 15.2. The first-order valence-corrected chi connectivity index (χ1v) is 6.97. The molecule has 6 nitrogen and oxygen atoms in total. The van der Waals surface area contributed by atoms with Crippen molar-refractivity contribution in [1.29, 1.82) is 15.8 Å². The molecule has 7 heteroatoms. The highest BCUT2D eigenvalue weighted by Gasteiger charge is 2.30. The molecule has 0 bridgehead atoms. The third kappa shape index (κ3) is 3.16. The predicted octanol–water partition coefficient (Wildman–Crippen LogP) is 1.70. The number of rotatable bonds is 4. The van der Waals surface area contributed by atoms with Crippen LogP contribution in [0.5, 0.6) is 0 Å². The van der Waals surface area contributed by atoms with E-state index in [0.29, 0.717) is 5.57 Å². The van der Waals surface area contributed by atoms with Gasteiger partial charge in [0, 0.05) is 26.2 Å². The van der Waals surface area contributed by atoms with E-state index in [4.69, 9.17) is 22.1 Å². The van der Waals surface area contributed by atoms with Crippen molar-refractivity contribution in [2.75, 3.05) is 26.2 Å². The Labute approximate surface area is 128 Å². The number of likely N-dealkylation sites (tertiary alicyclic amines) is 2. The summed E-state index contributed by atoms with van der Waals surface area (Å²) in [4.78, 5) is 8.09. The number of hydrogen-bond donors (Lipinski definition) is 0. The molecule has 0 atom stereocenters. The van der Waals surface area contributed by atoms with Gasteiger partial charge >= 0.3 is 0 Å². The van der Waals surface area contributed by atoms with Gasteiger partial charge in [0.05, 0.1) is 6.20 Å². The van der Waals surface area contributed by atoms with Crippen molar-refractivity contribution in [2.24, 2.45) is 4.99 Å². The van der Waals surface area contributed by atoms with Crippen LogP contribution in [0.1, 0.15) is 12.8 Å². The maximum absolute atomic E-state index is 9.41. The number of nitrogens with zero attached hydrogens (tertiary/aromatic N) is 6. The largest absolute Gasteiger partial charge is 0.357 e. The summed E-state index contributed by atoms with van der Waals surface area (Å²) in [6, 6.07) is 5.49. The molecule has 2 rings (SSSR count). The van der Waals surface area contributed by atoms with Crippen molar-refractivity contribution in [3.8, 4) is 18.2 Å². The molecule has 106 valence electrons. The van der Waals surface area contributed by atoms with Gasteiger partial charge < -0.3 is 9.80 Å². The van der Waals surface area contributed by atoms with E-state index in [9.17, 15) is 5.26 Å². The first-order valence-electron chi connectivity index (χ1n) is 6.59. The van der Waals surface area contributed by atoms with Crippen LogP contribution >= 0.6 is 11.6 Å². The summed E-state index contributed by atoms with van der Waals surface area (Å²) in [6.45, 7) is 3.61. The van der Waals surface area contributed by atoms with E-state index in [1.807, 2.05) is 0 Å². The average Bonchev–Trinajstić information content (AvgIpc) is 2.36. The van der Waals surface area contributed by atoms with E-state index >= 15 is 0 Å². The number of nitriles is 3. The van der Waals surface area contributed by atoms with Crippen LogP contribution in [0.15, 0.2) is 28.2 Å². The lowest BCUT2D eigenvalue weighted by Gasteiger charge is -2.45. The molecule has 0 radical (unpaired) electrons. The standard InChI is InChI=1S/C14H13ClN6/c15-13(19-10-11(7-16)8-17)12(9-18)14(20-3-1-4-20)21-5-2-6-21/h10H,1-6H2. The Morgan fingerprint density at radius 3 is 1.81 bits per heavy atom. The predicted molar refractivity (Wildman–Crippen MR) is 77.6 cm³/mol. The number of halogens is 1. The maximum atomic E-state index is 9.41. The summed E-state index contributed by atoms with van der Waals surface area (Å²) < 4.78 is 0. The molecule has 0 aromatic heterocycles. The van der Waals surface area contributed by atoms with Crippen LogP contribution < -0.4 is 0 Å². The molecule has 0 aromatic rings. The molecule has 2 saturated heterocycles. The van der Waals surface area contributed by atoms with Gasteiger partial charge in [0.25, 0.3) is 0 Å². The molecule has 0 aliphatic carbocycles. The van der Waals surface area contributed by atoms with Crippen molar-refractivity contribution in [2.45, 2.75) is 12.8 Å². The fourth-order valence-electron chi connectivity index (χ4n) is 2.03. The minimum atomic E-state index is -0.153. The molecule has 0 spiro atoms. The lowest BCUT2D eigenvalue weighted by molar-refractivity contribution is 0.113. The molecule has 0 aromatic carbocycles. The van der Waals surface area contributed by atoms with Gasteiger partial charge in [-0.3, -0.25) is 0 Å². The number of allylic oxidation sites excluding steroid dienone is 2. The fourth-order valence-corrected chi connectivity index (χ4v) is 2.20. The monoisotopic (exact) mass is 300 g/mol. The summed E-state index contributed by atoms with van der Waals surface area (Å²) in [5.41, 5.74) is 0.141. The second kappa shape index (κ2) is 6.79. The Bertz CT molecular complexity index is 600. The quantitative estimate of drug-likeness (QED) is 0.582. The molecular formula is C14H13ClN6. The molecule has 2 heterocycles. The van der Waals surface area contributed by atoms with Gasteiger partial charge in [0.15, 0.2) is 5.17 Å². The Morgan fingerprint density at radius 2 is 1.48 bits per heavy atom. The van der Waals surface area contributed by atoms with Crippen LogP contribution in [0.25, 0.3) is 0 Å². The van der Waals surface area contributed by atoms with Crippen LogP contribution in [-0.2, 0) is 0 Å². The Kier molecular flexibility index (Phi) is 4.82. The van der Waals surface area contributed by atoms with Crippen LogP contribution in [0, 0.1) is 34.0 Å². The molecule has 0 amide bonds. The maximum Gasteiger partial charge on any atom is 0.150 e. The normalized spacial score (nSPS) is 16.6. The highest BCUT2D eigenvalue weighted by Crippen LogP contribution is 2.27. The molecule has 21 heavy (non-hydrogen) atoms. The zero-order valence-electron chi connectivity index (χ0n) is 11.4. The molecular weight excluding hydrogens is 288 g/mol. The molecule has 0 N–H and O–H groups in total. The topological polar surface area (TPSA) is 90.2 Å². The number of hydrogen-bond acceptors (Lipinski definition) is 6. The fraction of sp³-hybridized carbons (Fsp3) is 0.429. The molecule has 0 unspecified atom stereocenters. The Hall–Kier alpha value is -2.49. The van der Waals surface area contributed by atoms with E-state index in [0.717, 1.165) is 51.0 Å². The summed E-state index contributed by atoms with van der Waals surface area (Å²) >= 11 is 6.10. The summed E-state index contributed by atoms with van der Waals surface area (Å²) in [5.74, 6) is 0.813. The second-order valence-electron chi connectivity index (χ2n) is 4.68. The lowest BCUT2D eigenvalue weighted by atomic mass is 10.1. The van der Waals surface area contributed by atoms with Gasteiger partial charge in [-0.05, 0) is 12.8 Å². The van der Waals surface area contributed by atoms with E-state index in [2.05, 4.69) is 20.9 Å². The van der Waals surface area contributed by atoms with Gasteiger partial charge in [0.2, 0.25) is 0 Å². The van der Waals surface area contributed by atoms with Crippen molar-refractivity contribution in [3.05, 3.63) is 23.2 Å². The van der Waals surface area contributed by atoms with Crippen LogP contribution in [0.2, 0.25) is 0 Å². The van der Waals surface area contributed by atoms with Gasteiger partial charge in [0.1, 0.15) is 35.2 Å². The van der Waals surface area contributed by atoms with Crippen LogP contribution in [0.4, 0.5) is 0 Å². The molecule has 2 aliphatic heterocycles. The van der Waals surface area contributed by atoms with Crippen molar-refractivity contribution < 1.29 is 0 Å². The minimum absolute atomic E-state index is 0.00861. The van der Waals surface area contributed by atoms with E-state index in [1.165, 1.54) is 0 Å². The van der Waals surface area contributed by atoms with Gasteiger partial charge in [-0.1, -0.05) is 11.6 Å². The van der Waals surface area contributed by atoms with Crippen LogP contribution in [-0.4, -0.2) is 41.1 Å². The van der Waals surface area contributed by atoms with E-state index in [-0.39, 0.29) is 10.7 Å². The lowest BCUT2D eigenvalue weighted by Crippen LogP contribution is -2.49. The first-order chi connectivity index (χ1) is 10.2. The van der Waals surface area contributed by atoms with Crippen molar-refractivity contribution in [3.63, 3.8) is 0 Å². The molecule has 2 fully saturated rings. The highest BCUT2D eigenvalue weighted by molar-refractivity contribution is 6.70. The molecule has 0 saturated carbocycles. The van der Waals surface area contributed by atoms with E-state index in [1.54, 1.807) is 12.1 Å².